The van der Waals surface area contributed by atoms with E-state index in [0.717, 1.165) is 0 Å². The smallest absolute Gasteiger partial charge is 0.251 e. The molecule has 1 heterocycles. The maximum absolute atomic E-state index is 11.8. The van der Waals surface area contributed by atoms with Gasteiger partial charge >= 0.3 is 0 Å². The molecule has 0 aromatic heterocycles. The van der Waals surface area contributed by atoms with Crippen molar-refractivity contribution >= 4 is 12.1 Å². The van der Waals surface area contributed by atoms with E-state index in [1.807, 2.05) is 13.1 Å². The average molecular weight is 228 g/mol. The standard InChI is InChI=1S/C12H12N4O/c1-16-8-11(7-14-16)15-12(17)10-4-2-9(6-13)3-5-10/h2-5,7,11H,8H2,1H3,(H,15,17). The molecule has 86 valence electrons. The SMILES string of the molecule is CN1CC(NC(=O)c2ccc(C#N)cc2)C=N1. The highest BCUT2D eigenvalue weighted by molar-refractivity contribution is 5.96. The quantitative estimate of drug-likeness (QED) is 0.805. The zero-order chi connectivity index (χ0) is 12.3. The molecule has 1 aliphatic heterocycles. The molecular formula is C12H12N4O. The van der Waals surface area contributed by atoms with Crippen molar-refractivity contribution in [3.63, 3.8) is 0 Å². The first-order valence-electron chi connectivity index (χ1n) is 5.25. The number of nitrogens with zero attached hydrogens (tertiary/aromatic N) is 3. The van der Waals surface area contributed by atoms with Crippen LogP contribution in [0.5, 0.6) is 0 Å². The molecule has 1 atom stereocenters. The number of nitriles is 1. The number of amides is 1. The molecule has 1 N–H and O–H groups in total. The van der Waals surface area contributed by atoms with E-state index in [0.29, 0.717) is 17.7 Å². The molecule has 0 fully saturated rings. The Kier molecular flexibility index (Phi) is 3.06. The lowest BCUT2D eigenvalue weighted by Crippen LogP contribution is -2.38. The third-order valence-corrected chi connectivity index (χ3v) is 2.50. The van der Waals surface area contributed by atoms with Gasteiger partial charge in [-0.2, -0.15) is 10.4 Å². The van der Waals surface area contributed by atoms with Crippen molar-refractivity contribution in [2.45, 2.75) is 6.04 Å². The number of nitrogens with one attached hydrogen (secondary N) is 1. The van der Waals surface area contributed by atoms with Crippen LogP contribution < -0.4 is 5.32 Å². The molecule has 1 aliphatic rings. The van der Waals surface area contributed by atoms with Crippen LogP contribution in [0.15, 0.2) is 29.4 Å². The van der Waals surface area contributed by atoms with Gasteiger partial charge in [0.05, 0.1) is 24.2 Å². The lowest BCUT2D eigenvalue weighted by atomic mass is 10.1. The van der Waals surface area contributed by atoms with Crippen LogP contribution in [0, 0.1) is 11.3 Å². The first kappa shape index (κ1) is 11.1. The molecule has 1 aromatic carbocycles. The van der Waals surface area contributed by atoms with Crippen LogP contribution in [-0.4, -0.2) is 36.8 Å². The van der Waals surface area contributed by atoms with E-state index in [2.05, 4.69) is 10.4 Å². The van der Waals surface area contributed by atoms with Crippen LogP contribution in [0.3, 0.4) is 0 Å². The fraction of sp³-hybridized carbons (Fsp3) is 0.250. The Morgan fingerprint density at radius 3 is 2.76 bits per heavy atom. The number of carbonyl (C=O) groups excluding carboxylic acids is 1. The summed E-state index contributed by atoms with van der Waals surface area (Å²) in [4.78, 5) is 11.8. The van der Waals surface area contributed by atoms with Crippen LogP contribution >= 0.6 is 0 Å². The number of benzene rings is 1. The van der Waals surface area contributed by atoms with Crippen LogP contribution in [0.1, 0.15) is 15.9 Å². The fourth-order valence-corrected chi connectivity index (χ4v) is 1.60. The van der Waals surface area contributed by atoms with Gasteiger partial charge in [0.2, 0.25) is 0 Å². The van der Waals surface area contributed by atoms with Crippen LogP contribution in [0.4, 0.5) is 0 Å². The summed E-state index contributed by atoms with van der Waals surface area (Å²) in [6.45, 7) is 0.683. The summed E-state index contributed by atoms with van der Waals surface area (Å²) in [7, 11) is 1.85. The minimum Gasteiger partial charge on any atom is -0.342 e. The second kappa shape index (κ2) is 4.66. The minimum absolute atomic E-state index is 0.0526. The van der Waals surface area contributed by atoms with Gasteiger partial charge in [0, 0.05) is 18.8 Å². The predicted octanol–water partition coefficient (Wildman–Crippen LogP) is 0.588. The maximum atomic E-state index is 11.8. The average Bonchev–Trinajstić information content (AvgIpc) is 2.75. The Balaban J connectivity index is 2.00. The molecule has 1 unspecified atom stereocenters. The van der Waals surface area contributed by atoms with Gasteiger partial charge in [0.25, 0.3) is 5.91 Å². The van der Waals surface area contributed by atoms with Crippen LogP contribution in [0.2, 0.25) is 0 Å². The highest BCUT2D eigenvalue weighted by Gasteiger charge is 2.17. The molecule has 0 aliphatic carbocycles. The van der Waals surface area contributed by atoms with Gasteiger partial charge < -0.3 is 5.32 Å². The number of hydrogen-bond donors (Lipinski definition) is 1. The van der Waals surface area contributed by atoms with Gasteiger partial charge in [-0.1, -0.05) is 0 Å². The Bertz CT molecular complexity index is 486. The van der Waals surface area contributed by atoms with Crippen molar-refractivity contribution in [2.75, 3.05) is 13.6 Å². The van der Waals surface area contributed by atoms with Crippen molar-refractivity contribution in [3.8, 4) is 6.07 Å². The van der Waals surface area contributed by atoms with Gasteiger partial charge in [-0.05, 0) is 24.3 Å². The van der Waals surface area contributed by atoms with Gasteiger partial charge in [-0.3, -0.25) is 9.80 Å². The summed E-state index contributed by atoms with van der Waals surface area (Å²) >= 11 is 0. The monoisotopic (exact) mass is 228 g/mol. The third-order valence-electron chi connectivity index (χ3n) is 2.50. The third kappa shape index (κ3) is 2.61. The van der Waals surface area contributed by atoms with E-state index in [-0.39, 0.29) is 11.9 Å². The molecule has 0 radical (unpaired) electrons. The van der Waals surface area contributed by atoms with E-state index in [1.54, 1.807) is 35.5 Å². The van der Waals surface area contributed by atoms with Crippen LogP contribution in [-0.2, 0) is 0 Å². The molecule has 5 nitrogen and oxygen atoms in total. The Morgan fingerprint density at radius 1 is 1.53 bits per heavy atom. The Labute approximate surface area is 99.3 Å². The maximum Gasteiger partial charge on any atom is 0.251 e. The summed E-state index contributed by atoms with van der Waals surface area (Å²) in [5.41, 5.74) is 1.09. The molecule has 17 heavy (non-hydrogen) atoms. The second-order valence-electron chi connectivity index (χ2n) is 3.87. The van der Waals surface area contributed by atoms with Gasteiger partial charge in [-0.15, -0.1) is 0 Å². The lowest BCUT2D eigenvalue weighted by Gasteiger charge is -2.11. The second-order valence-corrected chi connectivity index (χ2v) is 3.87. The molecule has 5 heteroatoms. The molecule has 1 aromatic rings. The van der Waals surface area contributed by atoms with Crippen molar-refractivity contribution in [1.82, 2.24) is 10.3 Å². The van der Waals surface area contributed by atoms with Crippen molar-refractivity contribution in [1.29, 1.82) is 5.26 Å². The molecule has 0 bridgehead atoms. The first-order chi connectivity index (χ1) is 8.19. The highest BCUT2D eigenvalue weighted by atomic mass is 16.1. The molecule has 0 saturated heterocycles. The summed E-state index contributed by atoms with van der Waals surface area (Å²) < 4.78 is 0. The molecule has 1 amide bonds. The number of carbonyl (C=O) groups is 1. The van der Waals surface area contributed by atoms with E-state index in [4.69, 9.17) is 5.26 Å². The van der Waals surface area contributed by atoms with E-state index in [1.165, 1.54) is 0 Å². The molecular weight excluding hydrogens is 216 g/mol. The summed E-state index contributed by atoms with van der Waals surface area (Å²) in [5.74, 6) is -0.152. The molecule has 0 spiro atoms. The number of hydrazone groups is 1. The number of rotatable bonds is 2. The molecule has 2 rings (SSSR count). The van der Waals surface area contributed by atoms with E-state index in [9.17, 15) is 4.79 Å². The highest BCUT2D eigenvalue weighted by Crippen LogP contribution is 2.04. The van der Waals surface area contributed by atoms with Crippen molar-refractivity contribution in [2.24, 2.45) is 5.10 Å². The van der Waals surface area contributed by atoms with E-state index < -0.39 is 0 Å². The normalized spacial score (nSPS) is 17.9. The fourth-order valence-electron chi connectivity index (χ4n) is 1.60. The summed E-state index contributed by atoms with van der Waals surface area (Å²) in [5, 5.41) is 17.3. The van der Waals surface area contributed by atoms with Crippen molar-refractivity contribution in [3.05, 3.63) is 35.4 Å². The molecule has 0 saturated carbocycles. The summed E-state index contributed by atoms with van der Waals surface area (Å²) in [6.07, 6.45) is 1.71. The lowest BCUT2D eigenvalue weighted by molar-refractivity contribution is 0.0945. The topological polar surface area (TPSA) is 68.5 Å². The first-order valence-corrected chi connectivity index (χ1v) is 5.25. The van der Waals surface area contributed by atoms with Gasteiger partial charge in [0.15, 0.2) is 0 Å². The van der Waals surface area contributed by atoms with E-state index >= 15 is 0 Å². The Morgan fingerprint density at radius 2 is 2.24 bits per heavy atom. The summed E-state index contributed by atoms with van der Waals surface area (Å²) in [6, 6.07) is 8.50. The number of hydrogen-bond acceptors (Lipinski definition) is 4. The predicted molar refractivity (Wildman–Crippen MR) is 63.5 cm³/mol. The zero-order valence-electron chi connectivity index (χ0n) is 9.42. The Hall–Kier alpha value is -2.35. The van der Waals surface area contributed by atoms with Gasteiger partial charge in [-0.25, -0.2) is 0 Å². The zero-order valence-corrected chi connectivity index (χ0v) is 9.42. The largest absolute Gasteiger partial charge is 0.342 e. The number of likely N-dealkylation sites (N-methyl/N-ethyl adjacent to an activating group) is 1. The van der Waals surface area contributed by atoms with Crippen molar-refractivity contribution < 1.29 is 4.79 Å². The van der Waals surface area contributed by atoms with Gasteiger partial charge in [0.1, 0.15) is 0 Å². The van der Waals surface area contributed by atoms with Crippen LogP contribution in [0.25, 0.3) is 0 Å². The minimum atomic E-state index is -0.152.